The summed E-state index contributed by atoms with van der Waals surface area (Å²) in [6.07, 6.45) is 1.88. The van der Waals surface area contributed by atoms with E-state index in [1.165, 1.54) is 27.8 Å². The second kappa shape index (κ2) is 7.52. The average Bonchev–Trinajstić information content (AvgIpc) is 3.09. The lowest BCUT2D eigenvalue weighted by Gasteiger charge is -2.41. The number of fused-ring (bicyclic) bond motifs is 6. The Morgan fingerprint density at radius 3 is 2.70 bits per heavy atom. The molecule has 2 aliphatic heterocycles. The van der Waals surface area contributed by atoms with Gasteiger partial charge in [-0.3, -0.25) is 4.90 Å². The highest BCUT2D eigenvalue weighted by atomic mass is 16.5. The summed E-state index contributed by atoms with van der Waals surface area (Å²) in [4.78, 5) is 2.52. The molecule has 5 rings (SSSR count). The number of ether oxygens (including phenoxy) is 3. The second-order valence-corrected chi connectivity index (χ2v) is 7.95. The minimum Gasteiger partial charge on any atom is -0.497 e. The van der Waals surface area contributed by atoms with Crippen molar-refractivity contribution in [3.63, 3.8) is 0 Å². The summed E-state index contributed by atoms with van der Waals surface area (Å²) in [6, 6.07) is 10.7. The Bertz CT molecular complexity index is 1100. The number of aromatic nitrogens is 1. The van der Waals surface area contributed by atoms with Crippen LogP contribution < -0.4 is 14.2 Å². The van der Waals surface area contributed by atoms with Crippen molar-refractivity contribution in [2.45, 2.75) is 39.1 Å². The highest BCUT2D eigenvalue weighted by Crippen LogP contribution is 2.45. The van der Waals surface area contributed by atoms with Crippen molar-refractivity contribution in [2.75, 3.05) is 27.4 Å². The zero-order valence-corrected chi connectivity index (χ0v) is 17.8. The molecule has 0 fully saturated rings. The topological polar surface area (TPSA) is 56.1 Å². The van der Waals surface area contributed by atoms with Crippen LogP contribution in [0.4, 0.5) is 0 Å². The van der Waals surface area contributed by atoms with Crippen LogP contribution in [0.15, 0.2) is 30.3 Å². The maximum absolute atomic E-state index is 10.1. The molecule has 1 aromatic heterocycles. The highest BCUT2D eigenvalue weighted by Gasteiger charge is 2.36. The number of hydrogen-bond acceptors (Lipinski definition) is 5. The van der Waals surface area contributed by atoms with Crippen LogP contribution in [0.25, 0.3) is 10.9 Å². The zero-order valence-electron chi connectivity index (χ0n) is 17.8. The normalized spacial score (nSPS) is 17.9. The fourth-order valence-electron chi connectivity index (χ4n) is 5.16. The fourth-order valence-corrected chi connectivity index (χ4v) is 5.16. The molecule has 0 aliphatic carbocycles. The molecule has 0 bridgehead atoms. The first-order chi connectivity index (χ1) is 14.7. The van der Waals surface area contributed by atoms with Crippen molar-refractivity contribution in [3.8, 4) is 17.2 Å². The Hall–Kier alpha value is -2.70. The summed E-state index contributed by atoms with van der Waals surface area (Å²) in [6.45, 7) is 4.41. The molecule has 0 radical (unpaired) electrons. The Morgan fingerprint density at radius 1 is 1.10 bits per heavy atom. The lowest BCUT2D eigenvalue weighted by atomic mass is 9.85. The molecular weight excluding hydrogens is 380 g/mol. The summed E-state index contributed by atoms with van der Waals surface area (Å²) < 4.78 is 19.0. The highest BCUT2D eigenvalue weighted by molar-refractivity contribution is 5.87. The standard InChI is InChI=1S/C24H28N2O4/c1-4-30-24-12-17-15(9-23(24)29-3)7-8-25-13-22-19(11-21(17)25)18-10-16(28-2)5-6-20(18)26(22)14-27/h5-6,9-10,12,21,27H,4,7-8,11,13-14H2,1-3H3. The van der Waals surface area contributed by atoms with Gasteiger partial charge in [-0.05, 0) is 66.8 Å². The van der Waals surface area contributed by atoms with Crippen molar-refractivity contribution >= 4 is 10.9 Å². The predicted octanol–water partition coefficient (Wildman–Crippen LogP) is 3.66. The number of aliphatic hydroxyl groups excluding tert-OH is 1. The van der Waals surface area contributed by atoms with Crippen LogP contribution in [0.3, 0.4) is 0 Å². The van der Waals surface area contributed by atoms with E-state index >= 15 is 0 Å². The quantitative estimate of drug-likeness (QED) is 0.698. The van der Waals surface area contributed by atoms with Gasteiger partial charge in [0.25, 0.3) is 0 Å². The lowest BCUT2D eigenvalue weighted by Crippen LogP contribution is -2.39. The van der Waals surface area contributed by atoms with Crippen LogP contribution in [0.5, 0.6) is 17.2 Å². The van der Waals surface area contributed by atoms with E-state index in [1.54, 1.807) is 14.2 Å². The number of rotatable bonds is 5. The van der Waals surface area contributed by atoms with Gasteiger partial charge in [-0.15, -0.1) is 0 Å². The maximum Gasteiger partial charge on any atom is 0.161 e. The van der Waals surface area contributed by atoms with Gasteiger partial charge in [0.2, 0.25) is 0 Å². The van der Waals surface area contributed by atoms with Crippen molar-refractivity contribution in [2.24, 2.45) is 0 Å². The predicted molar refractivity (Wildman–Crippen MR) is 115 cm³/mol. The first-order valence-corrected chi connectivity index (χ1v) is 10.5. The number of hydrogen-bond donors (Lipinski definition) is 1. The van der Waals surface area contributed by atoms with Gasteiger partial charge in [-0.1, -0.05) is 0 Å². The van der Waals surface area contributed by atoms with Crippen LogP contribution in [-0.2, 0) is 26.1 Å². The van der Waals surface area contributed by atoms with E-state index in [1.807, 2.05) is 23.6 Å². The molecule has 0 amide bonds. The third-order valence-corrected chi connectivity index (χ3v) is 6.58. The first kappa shape index (κ1) is 19.3. The van der Waals surface area contributed by atoms with E-state index in [4.69, 9.17) is 14.2 Å². The van der Waals surface area contributed by atoms with Gasteiger partial charge in [-0.25, -0.2) is 0 Å². The number of aliphatic hydroxyl groups is 1. The molecule has 2 aliphatic rings. The van der Waals surface area contributed by atoms with Crippen molar-refractivity contribution in [1.82, 2.24) is 9.47 Å². The van der Waals surface area contributed by atoms with Crippen molar-refractivity contribution in [3.05, 3.63) is 52.7 Å². The minimum absolute atomic E-state index is 0.0149. The maximum atomic E-state index is 10.1. The molecule has 3 aromatic rings. The van der Waals surface area contributed by atoms with Gasteiger partial charge in [-0.2, -0.15) is 0 Å². The Morgan fingerprint density at radius 2 is 1.97 bits per heavy atom. The van der Waals surface area contributed by atoms with Gasteiger partial charge in [0.15, 0.2) is 11.5 Å². The Labute approximate surface area is 176 Å². The Balaban J connectivity index is 1.63. The molecule has 6 heteroatoms. The van der Waals surface area contributed by atoms with E-state index in [0.29, 0.717) is 6.61 Å². The molecule has 0 saturated carbocycles. The molecule has 0 spiro atoms. The minimum atomic E-state index is -0.0149. The SMILES string of the molecule is CCOc1cc2c(cc1OC)CCN1Cc3c(c4cc(OC)ccc4n3CO)CC21. The van der Waals surface area contributed by atoms with Gasteiger partial charge >= 0.3 is 0 Å². The zero-order chi connectivity index (χ0) is 20.8. The van der Waals surface area contributed by atoms with E-state index in [0.717, 1.165) is 48.7 Å². The Kier molecular flexibility index (Phi) is 4.83. The smallest absolute Gasteiger partial charge is 0.161 e. The molecule has 1 unspecified atom stereocenters. The van der Waals surface area contributed by atoms with Gasteiger partial charge in [0, 0.05) is 30.2 Å². The fraction of sp³-hybridized carbons (Fsp3) is 0.417. The summed E-state index contributed by atoms with van der Waals surface area (Å²) in [5.41, 5.74) is 6.24. The van der Waals surface area contributed by atoms with Crippen LogP contribution >= 0.6 is 0 Å². The van der Waals surface area contributed by atoms with Crippen LogP contribution in [0, 0.1) is 0 Å². The van der Waals surface area contributed by atoms with Gasteiger partial charge < -0.3 is 23.9 Å². The molecule has 6 nitrogen and oxygen atoms in total. The summed E-state index contributed by atoms with van der Waals surface area (Å²) >= 11 is 0. The molecule has 3 heterocycles. The number of benzene rings is 2. The summed E-state index contributed by atoms with van der Waals surface area (Å²) in [5.74, 6) is 2.46. The van der Waals surface area contributed by atoms with Crippen LogP contribution in [0.1, 0.15) is 35.3 Å². The second-order valence-electron chi connectivity index (χ2n) is 7.95. The molecule has 1 atom stereocenters. The largest absolute Gasteiger partial charge is 0.497 e. The monoisotopic (exact) mass is 408 g/mol. The molecular formula is C24H28N2O4. The third kappa shape index (κ3) is 2.86. The van der Waals surface area contributed by atoms with Gasteiger partial charge in [0.1, 0.15) is 12.5 Å². The summed E-state index contributed by atoms with van der Waals surface area (Å²) in [7, 11) is 3.39. The third-order valence-electron chi connectivity index (χ3n) is 6.58. The molecule has 30 heavy (non-hydrogen) atoms. The average molecular weight is 408 g/mol. The van der Waals surface area contributed by atoms with E-state index in [9.17, 15) is 5.11 Å². The van der Waals surface area contributed by atoms with E-state index in [2.05, 4.69) is 23.1 Å². The summed E-state index contributed by atoms with van der Waals surface area (Å²) in [5, 5.41) is 11.3. The number of methoxy groups -OCH3 is 2. The van der Waals surface area contributed by atoms with Gasteiger partial charge in [0.05, 0.1) is 26.3 Å². The molecule has 1 N–H and O–H groups in total. The lowest BCUT2D eigenvalue weighted by molar-refractivity contribution is 0.145. The molecule has 2 aromatic carbocycles. The number of nitrogens with zero attached hydrogens (tertiary/aromatic N) is 2. The molecule has 158 valence electrons. The molecule has 0 saturated heterocycles. The first-order valence-electron chi connectivity index (χ1n) is 10.5. The van der Waals surface area contributed by atoms with Crippen molar-refractivity contribution in [1.29, 1.82) is 0 Å². The van der Waals surface area contributed by atoms with Crippen LogP contribution in [0.2, 0.25) is 0 Å². The van der Waals surface area contributed by atoms with E-state index < -0.39 is 0 Å². The van der Waals surface area contributed by atoms with Crippen LogP contribution in [-0.4, -0.2) is 41.9 Å². The van der Waals surface area contributed by atoms with Crippen molar-refractivity contribution < 1.29 is 19.3 Å². The van der Waals surface area contributed by atoms with E-state index in [-0.39, 0.29) is 12.8 Å².